The molecule has 0 radical (unpaired) electrons. The first-order valence-electron chi connectivity index (χ1n) is 5.08. The van der Waals surface area contributed by atoms with Crippen LogP contribution in [0.2, 0.25) is 4.34 Å². The summed E-state index contributed by atoms with van der Waals surface area (Å²) in [5, 5.41) is 3.31. The van der Waals surface area contributed by atoms with Crippen LogP contribution in [0, 0.1) is 5.92 Å². The lowest BCUT2D eigenvalue weighted by molar-refractivity contribution is 0.383. The summed E-state index contributed by atoms with van der Waals surface area (Å²) in [6, 6.07) is 4.69. The van der Waals surface area contributed by atoms with Crippen molar-refractivity contribution in [2.24, 2.45) is 5.92 Å². The lowest BCUT2D eigenvalue weighted by Crippen LogP contribution is -2.31. The Hall–Kier alpha value is -0.0500. The average Bonchev–Trinajstić information content (AvgIpc) is 2.59. The number of hydrogen-bond acceptors (Lipinski definition) is 2. The largest absolute Gasteiger partial charge is 0.317 e. The van der Waals surface area contributed by atoms with Crippen LogP contribution in [0.15, 0.2) is 12.1 Å². The molecule has 1 N–H and O–H groups in total. The van der Waals surface area contributed by atoms with E-state index < -0.39 is 0 Å². The minimum Gasteiger partial charge on any atom is -0.317 e. The smallest absolute Gasteiger partial charge is 0.0931 e. The monoisotopic (exact) mass is 231 g/mol. The Kier molecular flexibility index (Phi) is 4.93. The normalized spacial score (nSPS) is 15.4. The fourth-order valence-corrected chi connectivity index (χ4v) is 2.81. The molecule has 1 nitrogen and oxygen atoms in total. The second-order valence-electron chi connectivity index (χ2n) is 3.66. The van der Waals surface area contributed by atoms with Gasteiger partial charge in [0.15, 0.2) is 0 Å². The predicted octanol–water partition coefficient (Wildman–Crippen LogP) is 3.58. The Balaban J connectivity index is 2.56. The summed E-state index contributed by atoms with van der Waals surface area (Å²) in [4.78, 5) is 1.39. The molecule has 0 saturated carbocycles. The Labute approximate surface area is 95.5 Å². The van der Waals surface area contributed by atoms with Gasteiger partial charge >= 0.3 is 0 Å². The molecular formula is C11H18ClNS. The predicted molar refractivity (Wildman–Crippen MR) is 65.3 cm³/mol. The Morgan fingerprint density at radius 1 is 1.50 bits per heavy atom. The van der Waals surface area contributed by atoms with E-state index in [0.717, 1.165) is 10.8 Å². The van der Waals surface area contributed by atoms with Gasteiger partial charge in [0, 0.05) is 10.9 Å². The first kappa shape index (κ1) is 12.0. The highest BCUT2D eigenvalue weighted by Gasteiger charge is 2.14. The maximum absolute atomic E-state index is 5.90. The highest BCUT2D eigenvalue weighted by Crippen LogP contribution is 2.25. The molecule has 0 fully saturated rings. The molecule has 0 aliphatic heterocycles. The van der Waals surface area contributed by atoms with Crippen LogP contribution in [0.3, 0.4) is 0 Å². The van der Waals surface area contributed by atoms with Crippen molar-refractivity contribution in [2.45, 2.75) is 32.7 Å². The van der Waals surface area contributed by atoms with Gasteiger partial charge in [-0.3, -0.25) is 0 Å². The average molecular weight is 232 g/mol. The van der Waals surface area contributed by atoms with Crippen LogP contribution in [0.25, 0.3) is 0 Å². The van der Waals surface area contributed by atoms with Gasteiger partial charge in [0.2, 0.25) is 0 Å². The lowest BCUT2D eigenvalue weighted by atomic mass is 9.94. The minimum absolute atomic E-state index is 0.570. The maximum atomic E-state index is 5.90. The summed E-state index contributed by atoms with van der Waals surface area (Å²) in [7, 11) is 2.02. The van der Waals surface area contributed by atoms with E-state index in [1.54, 1.807) is 11.3 Å². The van der Waals surface area contributed by atoms with Gasteiger partial charge in [-0.1, -0.05) is 24.9 Å². The molecule has 0 spiro atoms. The SMILES string of the molecule is CCC(Cc1ccc(Cl)s1)C(C)NC. The fraction of sp³-hybridized carbons (Fsp3) is 0.636. The van der Waals surface area contributed by atoms with Crippen LogP contribution >= 0.6 is 22.9 Å². The molecule has 14 heavy (non-hydrogen) atoms. The van der Waals surface area contributed by atoms with E-state index in [1.165, 1.54) is 11.3 Å². The van der Waals surface area contributed by atoms with Crippen molar-refractivity contribution in [3.8, 4) is 0 Å². The van der Waals surface area contributed by atoms with Gasteiger partial charge in [0.25, 0.3) is 0 Å². The molecule has 1 rings (SSSR count). The molecule has 2 unspecified atom stereocenters. The Morgan fingerprint density at radius 2 is 2.21 bits per heavy atom. The molecule has 1 aromatic heterocycles. The number of thiophene rings is 1. The molecule has 1 aromatic rings. The third-order valence-electron chi connectivity index (χ3n) is 2.78. The van der Waals surface area contributed by atoms with E-state index >= 15 is 0 Å². The van der Waals surface area contributed by atoms with Crippen molar-refractivity contribution >= 4 is 22.9 Å². The minimum atomic E-state index is 0.570. The number of nitrogens with one attached hydrogen (secondary N) is 1. The van der Waals surface area contributed by atoms with Gasteiger partial charge in [-0.15, -0.1) is 11.3 Å². The highest BCUT2D eigenvalue weighted by molar-refractivity contribution is 7.16. The first-order chi connectivity index (χ1) is 6.67. The maximum Gasteiger partial charge on any atom is 0.0931 e. The molecule has 0 aliphatic carbocycles. The van der Waals surface area contributed by atoms with Crippen LogP contribution in [0.5, 0.6) is 0 Å². The molecular weight excluding hydrogens is 214 g/mol. The van der Waals surface area contributed by atoms with Crippen molar-refractivity contribution < 1.29 is 0 Å². The molecule has 0 amide bonds. The van der Waals surface area contributed by atoms with Crippen LogP contribution in [-0.2, 0) is 6.42 Å². The van der Waals surface area contributed by atoms with E-state index in [-0.39, 0.29) is 0 Å². The van der Waals surface area contributed by atoms with Crippen molar-refractivity contribution in [2.75, 3.05) is 7.05 Å². The summed E-state index contributed by atoms with van der Waals surface area (Å²) in [6.45, 7) is 4.48. The van der Waals surface area contributed by atoms with Crippen molar-refractivity contribution in [1.82, 2.24) is 5.32 Å². The highest BCUT2D eigenvalue weighted by atomic mass is 35.5. The first-order valence-corrected chi connectivity index (χ1v) is 6.28. The number of halogens is 1. The van der Waals surface area contributed by atoms with Gasteiger partial charge < -0.3 is 5.32 Å². The van der Waals surface area contributed by atoms with Crippen LogP contribution in [0.4, 0.5) is 0 Å². The van der Waals surface area contributed by atoms with E-state index in [1.807, 2.05) is 13.1 Å². The van der Waals surface area contributed by atoms with Crippen LogP contribution in [-0.4, -0.2) is 13.1 Å². The number of hydrogen-bond donors (Lipinski definition) is 1. The van der Waals surface area contributed by atoms with Crippen molar-refractivity contribution in [3.05, 3.63) is 21.3 Å². The van der Waals surface area contributed by atoms with Crippen molar-refractivity contribution in [3.63, 3.8) is 0 Å². The number of rotatable bonds is 5. The van der Waals surface area contributed by atoms with Gasteiger partial charge in [-0.25, -0.2) is 0 Å². The molecule has 0 aromatic carbocycles. The lowest BCUT2D eigenvalue weighted by Gasteiger charge is -2.21. The van der Waals surface area contributed by atoms with E-state index in [4.69, 9.17) is 11.6 Å². The summed E-state index contributed by atoms with van der Waals surface area (Å²) >= 11 is 7.60. The third kappa shape index (κ3) is 3.26. The third-order valence-corrected chi connectivity index (χ3v) is 4.03. The molecule has 2 atom stereocenters. The molecule has 0 aliphatic rings. The van der Waals surface area contributed by atoms with Crippen LogP contribution < -0.4 is 5.32 Å². The standard InChI is InChI=1S/C11H18ClNS/c1-4-9(8(2)13-3)7-10-5-6-11(12)14-10/h5-6,8-9,13H,4,7H2,1-3H3. The molecule has 0 bridgehead atoms. The topological polar surface area (TPSA) is 12.0 Å². The molecule has 1 heterocycles. The zero-order chi connectivity index (χ0) is 10.6. The van der Waals surface area contributed by atoms with E-state index in [2.05, 4.69) is 25.2 Å². The summed E-state index contributed by atoms with van der Waals surface area (Å²) < 4.78 is 0.895. The quantitative estimate of drug-likeness (QED) is 0.817. The van der Waals surface area contributed by atoms with E-state index in [0.29, 0.717) is 12.0 Å². The zero-order valence-electron chi connectivity index (χ0n) is 9.01. The Morgan fingerprint density at radius 3 is 2.64 bits per heavy atom. The van der Waals surface area contributed by atoms with E-state index in [9.17, 15) is 0 Å². The van der Waals surface area contributed by atoms with Gasteiger partial charge in [-0.2, -0.15) is 0 Å². The molecule has 3 heteroatoms. The fourth-order valence-electron chi connectivity index (χ4n) is 1.63. The second-order valence-corrected chi connectivity index (χ2v) is 5.46. The summed E-state index contributed by atoms with van der Waals surface area (Å²) in [6.07, 6.45) is 2.34. The molecule has 0 saturated heterocycles. The van der Waals surface area contributed by atoms with Crippen LogP contribution in [0.1, 0.15) is 25.1 Å². The summed E-state index contributed by atoms with van der Waals surface area (Å²) in [5.41, 5.74) is 0. The van der Waals surface area contributed by atoms with Crippen molar-refractivity contribution in [1.29, 1.82) is 0 Å². The van der Waals surface area contributed by atoms with Gasteiger partial charge in [0.1, 0.15) is 0 Å². The zero-order valence-corrected chi connectivity index (χ0v) is 10.6. The Bertz CT molecular complexity index is 272. The van der Waals surface area contributed by atoms with Gasteiger partial charge in [-0.05, 0) is 38.4 Å². The summed E-state index contributed by atoms with van der Waals surface area (Å²) in [5.74, 6) is 0.703. The second kappa shape index (κ2) is 5.74. The molecule has 80 valence electrons. The van der Waals surface area contributed by atoms with Gasteiger partial charge in [0.05, 0.1) is 4.34 Å².